The van der Waals surface area contributed by atoms with Crippen molar-refractivity contribution in [1.29, 1.82) is 0 Å². The van der Waals surface area contributed by atoms with Crippen molar-refractivity contribution in [3.8, 4) is 0 Å². The third-order valence-corrected chi connectivity index (χ3v) is 4.52. The van der Waals surface area contributed by atoms with Crippen LogP contribution >= 0.6 is 0 Å². The maximum Gasteiger partial charge on any atom is 0.219 e. The molecule has 4 nitrogen and oxygen atoms in total. The monoisotopic (exact) mass is 259 g/mol. The Hall–Kier alpha value is -1.58. The van der Waals surface area contributed by atoms with Crippen LogP contribution in [0.4, 0.5) is 5.82 Å². The van der Waals surface area contributed by atoms with Crippen molar-refractivity contribution >= 4 is 11.7 Å². The normalized spacial score (nSPS) is 27.0. The molecule has 3 rings (SSSR count). The van der Waals surface area contributed by atoms with Crippen LogP contribution in [-0.2, 0) is 4.79 Å². The Balaban J connectivity index is 1.72. The molecule has 1 amide bonds. The van der Waals surface area contributed by atoms with E-state index in [-0.39, 0.29) is 5.91 Å². The van der Waals surface area contributed by atoms with Gasteiger partial charge in [0.15, 0.2) is 0 Å². The van der Waals surface area contributed by atoms with E-state index in [4.69, 9.17) is 0 Å². The van der Waals surface area contributed by atoms with Gasteiger partial charge < -0.3 is 9.80 Å². The Morgan fingerprint density at radius 3 is 2.89 bits per heavy atom. The predicted octanol–water partition coefficient (Wildman–Crippen LogP) is 1.92. The van der Waals surface area contributed by atoms with Crippen molar-refractivity contribution in [1.82, 2.24) is 9.88 Å². The highest BCUT2D eigenvalue weighted by atomic mass is 16.2. The molecule has 102 valence electrons. The summed E-state index contributed by atoms with van der Waals surface area (Å²) in [6.45, 7) is 5.63. The van der Waals surface area contributed by atoms with Gasteiger partial charge in [0.25, 0.3) is 0 Å². The van der Waals surface area contributed by atoms with Crippen LogP contribution in [0.5, 0.6) is 0 Å². The number of hydrogen-bond acceptors (Lipinski definition) is 3. The molecule has 1 atom stereocenters. The number of nitrogens with zero attached hydrogens (tertiary/aromatic N) is 3. The van der Waals surface area contributed by atoms with Gasteiger partial charge in [-0.15, -0.1) is 0 Å². The second-order valence-electron chi connectivity index (χ2n) is 5.90. The lowest BCUT2D eigenvalue weighted by Crippen LogP contribution is -2.46. The van der Waals surface area contributed by atoms with Crippen LogP contribution in [0, 0.1) is 5.41 Å². The van der Waals surface area contributed by atoms with Crippen molar-refractivity contribution in [2.45, 2.75) is 26.2 Å². The Bertz CT molecular complexity index is 462. The highest BCUT2D eigenvalue weighted by Crippen LogP contribution is 2.40. The molecule has 3 heterocycles. The molecule has 2 fully saturated rings. The zero-order valence-corrected chi connectivity index (χ0v) is 11.5. The second kappa shape index (κ2) is 4.83. The predicted molar refractivity (Wildman–Crippen MR) is 75.0 cm³/mol. The van der Waals surface area contributed by atoms with Crippen molar-refractivity contribution < 1.29 is 4.79 Å². The summed E-state index contributed by atoms with van der Waals surface area (Å²) in [5, 5.41) is 0. The molecular formula is C15H21N3O. The lowest BCUT2D eigenvalue weighted by atomic mass is 9.79. The number of pyridine rings is 1. The van der Waals surface area contributed by atoms with Crippen molar-refractivity contribution in [3.63, 3.8) is 0 Å². The van der Waals surface area contributed by atoms with Gasteiger partial charge in [-0.3, -0.25) is 4.79 Å². The number of amides is 1. The van der Waals surface area contributed by atoms with Gasteiger partial charge in [0.1, 0.15) is 5.82 Å². The minimum absolute atomic E-state index is 0.218. The van der Waals surface area contributed by atoms with E-state index in [0.29, 0.717) is 5.41 Å². The van der Waals surface area contributed by atoms with Gasteiger partial charge in [0.2, 0.25) is 5.91 Å². The quantitative estimate of drug-likeness (QED) is 0.773. The molecule has 2 aliphatic rings. The van der Waals surface area contributed by atoms with Gasteiger partial charge >= 0.3 is 0 Å². The number of hydrogen-bond donors (Lipinski definition) is 0. The molecular weight excluding hydrogens is 238 g/mol. The maximum absolute atomic E-state index is 11.6. The van der Waals surface area contributed by atoms with E-state index in [2.05, 4.69) is 16.0 Å². The number of carbonyl (C=O) groups excluding carboxylic acids is 1. The molecule has 2 saturated heterocycles. The summed E-state index contributed by atoms with van der Waals surface area (Å²) >= 11 is 0. The summed E-state index contributed by atoms with van der Waals surface area (Å²) in [6.07, 6.45) is 5.40. The van der Waals surface area contributed by atoms with E-state index in [0.717, 1.165) is 38.4 Å². The Labute approximate surface area is 114 Å². The Morgan fingerprint density at radius 1 is 1.26 bits per heavy atom. The molecule has 2 aliphatic heterocycles. The summed E-state index contributed by atoms with van der Waals surface area (Å²) in [7, 11) is 0. The number of piperidine rings is 1. The molecule has 0 aromatic carbocycles. The van der Waals surface area contributed by atoms with Crippen molar-refractivity contribution in [2.75, 3.05) is 31.1 Å². The first kappa shape index (κ1) is 12.5. The average Bonchev–Trinajstić information content (AvgIpc) is 2.83. The average molecular weight is 259 g/mol. The first-order valence-corrected chi connectivity index (χ1v) is 7.10. The molecule has 1 unspecified atom stereocenters. The molecule has 1 aromatic rings. The Kier molecular flexibility index (Phi) is 3.17. The van der Waals surface area contributed by atoms with E-state index >= 15 is 0 Å². The molecule has 0 bridgehead atoms. The minimum Gasteiger partial charge on any atom is -0.356 e. The minimum atomic E-state index is 0.218. The van der Waals surface area contributed by atoms with Gasteiger partial charge in [-0.2, -0.15) is 0 Å². The van der Waals surface area contributed by atoms with E-state index in [1.807, 2.05) is 23.2 Å². The van der Waals surface area contributed by atoms with Crippen LogP contribution < -0.4 is 4.90 Å². The largest absolute Gasteiger partial charge is 0.356 e. The van der Waals surface area contributed by atoms with E-state index in [1.54, 1.807) is 6.92 Å². The molecule has 1 spiro atoms. The molecule has 0 radical (unpaired) electrons. The van der Waals surface area contributed by atoms with Gasteiger partial charge in [-0.1, -0.05) is 6.07 Å². The molecule has 0 aliphatic carbocycles. The third kappa shape index (κ3) is 2.44. The van der Waals surface area contributed by atoms with E-state index in [9.17, 15) is 4.79 Å². The zero-order valence-electron chi connectivity index (χ0n) is 11.5. The molecule has 19 heavy (non-hydrogen) atoms. The van der Waals surface area contributed by atoms with Gasteiger partial charge in [0.05, 0.1) is 0 Å². The molecule has 0 saturated carbocycles. The zero-order chi connectivity index (χ0) is 13.3. The molecule has 4 heteroatoms. The summed E-state index contributed by atoms with van der Waals surface area (Å²) in [4.78, 5) is 20.4. The Morgan fingerprint density at radius 2 is 2.16 bits per heavy atom. The van der Waals surface area contributed by atoms with Crippen LogP contribution in [0.1, 0.15) is 26.2 Å². The van der Waals surface area contributed by atoms with Crippen LogP contribution in [0.15, 0.2) is 24.4 Å². The standard InChI is InChI=1S/C15H21N3O/c1-13(19)17-9-4-6-15(11-17)7-10-18(12-15)14-5-2-3-8-16-14/h2-3,5,8H,4,6-7,9-12H2,1H3. The van der Waals surface area contributed by atoms with Crippen LogP contribution in [0.25, 0.3) is 0 Å². The van der Waals surface area contributed by atoms with Crippen molar-refractivity contribution in [3.05, 3.63) is 24.4 Å². The van der Waals surface area contributed by atoms with E-state index < -0.39 is 0 Å². The fraction of sp³-hybridized carbons (Fsp3) is 0.600. The van der Waals surface area contributed by atoms with Gasteiger partial charge in [-0.25, -0.2) is 4.98 Å². The van der Waals surface area contributed by atoms with Crippen LogP contribution in [0.3, 0.4) is 0 Å². The summed E-state index contributed by atoms with van der Waals surface area (Å²) in [6, 6.07) is 6.06. The number of rotatable bonds is 1. The SMILES string of the molecule is CC(=O)N1CCCC2(CCN(c3ccccn3)C2)C1. The molecule has 0 N–H and O–H groups in total. The van der Waals surface area contributed by atoms with E-state index in [1.165, 1.54) is 12.8 Å². The van der Waals surface area contributed by atoms with Crippen LogP contribution in [0.2, 0.25) is 0 Å². The summed E-state index contributed by atoms with van der Waals surface area (Å²) in [5.41, 5.74) is 0.293. The van der Waals surface area contributed by atoms with Crippen molar-refractivity contribution in [2.24, 2.45) is 5.41 Å². The first-order chi connectivity index (χ1) is 9.19. The first-order valence-electron chi connectivity index (χ1n) is 7.10. The number of carbonyl (C=O) groups is 1. The highest BCUT2D eigenvalue weighted by Gasteiger charge is 2.42. The maximum atomic E-state index is 11.6. The number of aromatic nitrogens is 1. The highest BCUT2D eigenvalue weighted by molar-refractivity contribution is 5.73. The lowest BCUT2D eigenvalue weighted by Gasteiger charge is -2.40. The number of anilines is 1. The van der Waals surface area contributed by atoms with Crippen LogP contribution in [-0.4, -0.2) is 42.0 Å². The summed E-state index contributed by atoms with van der Waals surface area (Å²) < 4.78 is 0. The smallest absolute Gasteiger partial charge is 0.219 e. The van der Waals surface area contributed by atoms with Gasteiger partial charge in [-0.05, 0) is 31.4 Å². The topological polar surface area (TPSA) is 36.4 Å². The third-order valence-electron chi connectivity index (χ3n) is 4.52. The number of likely N-dealkylation sites (tertiary alicyclic amines) is 1. The lowest BCUT2D eigenvalue weighted by molar-refractivity contribution is -0.132. The second-order valence-corrected chi connectivity index (χ2v) is 5.90. The molecule has 1 aromatic heterocycles. The fourth-order valence-corrected chi connectivity index (χ4v) is 3.48. The summed E-state index contributed by atoms with van der Waals surface area (Å²) in [5.74, 6) is 1.29. The fourth-order valence-electron chi connectivity index (χ4n) is 3.48. The van der Waals surface area contributed by atoms with Gasteiger partial charge in [0, 0.05) is 44.7 Å².